The van der Waals surface area contributed by atoms with Gasteiger partial charge in [-0.15, -0.1) is 0 Å². The molecule has 96 valence electrons. The molecule has 0 saturated carbocycles. The minimum absolute atomic E-state index is 0.0111. The summed E-state index contributed by atoms with van der Waals surface area (Å²) < 4.78 is 38.2. The molecule has 1 aromatic carbocycles. The predicted octanol–water partition coefficient (Wildman–Crippen LogP) is 4.66. The molecule has 1 rings (SSSR count). The fourth-order valence-corrected chi connectivity index (χ4v) is 1.72. The Hall–Kier alpha value is -1.19. The van der Waals surface area contributed by atoms with Gasteiger partial charge in [-0.3, -0.25) is 0 Å². The fourth-order valence-electron chi connectivity index (χ4n) is 1.72. The molecule has 0 radical (unpaired) electrons. The Balaban J connectivity index is 3.48. The maximum atomic E-state index is 12.7. The number of rotatable bonds is 2. The van der Waals surface area contributed by atoms with Gasteiger partial charge in [0, 0.05) is 0 Å². The Morgan fingerprint density at radius 3 is 1.53 bits per heavy atom. The Kier molecular flexibility index (Phi) is 3.74. The van der Waals surface area contributed by atoms with Crippen LogP contribution in [0, 0.1) is 0 Å². The van der Waals surface area contributed by atoms with Gasteiger partial charge in [-0.25, -0.2) is 0 Å². The minimum atomic E-state index is -4.37. The molecule has 1 aromatic rings. The van der Waals surface area contributed by atoms with Crippen LogP contribution in [0.4, 0.5) is 13.2 Å². The molecular weight excluding hydrogens is 229 g/mol. The van der Waals surface area contributed by atoms with Crippen LogP contribution in [0.15, 0.2) is 12.1 Å². The third-order valence-corrected chi connectivity index (χ3v) is 2.74. The monoisotopic (exact) mass is 246 g/mol. The van der Waals surface area contributed by atoms with Crippen LogP contribution in [0.2, 0.25) is 0 Å². The second-order valence-electron chi connectivity index (χ2n) is 4.81. The lowest BCUT2D eigenvalue weighted by molar-refractivity contribution is -0.137. The van der Waals surface area contributed by atoms with Crippen molar-refractivity contribution in [2.24, 2.45) is 0 Å². The molecule has 0 aliphatic carbocycles. The number of aromatic hydroxyl groups is 1. The van der Waals surface area contributed by atoms with Gasteiger partial charge in [-0.2, -0.15) is 13.2 Å². The quantitative estimate of drug-likeness (QED) is 0.804. The molecule has 0 saturated heterocycles. The van der Waals surface area contributed by atoms with E-state index in [1.165, 1.54) is 0 Å². The van der Waals surface area contributed by atoms with Crippen molar-refractivity contribution in [2.45, 2.75) is 45.7 Å². The summed E-state index contributed by atoms with van der Waals surface area (Å²) >= 11 is 0. The molecule has 0 atom stereocenters. The number of phenols is 1. The van der Waals surface area contributed by atoms with E-state index in [9.17, 15) is 18.3 Å². The largest absolute Gasteiger partial charge is 0.507 e. The van der Waals surface area contributed by atoms with Crippen molar-refractivity contribution < 1.29 is 18.3 Å². The lowest BCUT2D eigenvalue weighted by Crippen LogP contribution is -2.08. The number of benzene rings is 1. The summed E-state index contributed by atoms with van der Waals surface area (Å²) in [6, 6.07) is 2.07. The topological polar surface area (TPSA) is 20.2 Å². The van der Waals surface area contributed by atoms with Crippen LogP contribution in [0.25, 0.3) is 0 Å². The van der Waals surface area contributed by atoms with Crippen molar-refractivity contribution in [3.8, 4) is 5.75 Å². The summed E-state index contributed by atoms with van der Waals surface area (Å²) in [4.78, 5) is 0. The Labute approximate surface area is 99.3 Å². The first-order chi connectivity index (χ1) is 7.64. The predicted molar refractivity (Wildman–Crippen MR) is 61.3 cm³/mol. The van der Waals surface area contributed by atoms with E-state index in [1.54, 1.807) is 27.7 Å². The van der Waals surface area contributed by atoms with Gasteiger partial charge < -0.3 is 5.11 Å². The minimum Gasteiger partial charge on any atom is -0.507 e. The third kappa shape index (κ3) is 2.93. The van der Waals surface area contributed by atoms with Crippen LogP contribution < -0.4 is 0 Å². The number of alkyl halides is 3. The van der Waals surface area contributed by atoms with E-state index in [2.05, 4.69) is 0 Å². The molecule has 0 unspecified atom stereocenters. The molecule has 0 fully saturated rings. The average Bonchev–Trinajstić information content (AvgIpc) is 2.14. The first-order valence-corrected chi connectivity index (χ1v) is 5.58. The average molecular weight is 246 g/mol. The van der Waals surface area contributed by atoms with E-state index in [4.69, 9.17) is 0 Å². The molecule has 17 heavy (non-hydrogen) atoms. The molecule has 0 aliphatic heterocycles. The number of phenolic OH excluding ortho intramolecular Hbond substituents is 1. The van der Waals surface area contributed by atoms with Crippen molar-refractivity contribution in [3.05, 3.63) is 28.8 Å². The van der Waals surface area contributed by atoms with Crippen molar-refractivity contribution in [1.82, 2.24) is 0 Å². The molecule has 0 bridgehead atoms. The highest BCUT2D eigenvalue weighted by molar-refractivity contribution is 5.47. The van der Waals surface area contributed by atoms with Crippen molar-refractivity contribution >= 4 is 0 Å². The van der Waals surface area contributed by atoms with Crippen LogP contribution >= 0.6 is 0 Å². The van der Waals surface area contributed by atoms with E-state index >= 15 is 0 Å². The van der Waals surface area contributed by atoms with Crippen molar-refractivity contribution in [2.75, 3.05) is 0 Å². The fraction of sp³-hybridized carbons (Fsp3) is 0.538. The zero-order valence-corrected chi connectivity index (χ0v) is 10.4. The zero-order chi connectivity index (χ0) is 13.4. The summed E-state index contributed by atoms with van der Waals surface area (Å²) in [5.74, 6) is -0.299. The second-order valence-corrected chi connectivity index (χ2v) is 4.81. The smallest absolute Gasteiger partial charge is 0.416 e. The summed E-state index contributed by atoms with van der Waals surface area (Å²) in [5, 5.41) is 9.95. The lowest BCUT2D eigenvalue weighted by atomic mass is 9.91. The number of halogens is 3. The summed E-state index contributed by atoms with van der Waals surface area (Å²) in [5.41, 5.74) is 0.00903. The molecule has 0 aliphatic rings. The van der Waals surface area contributed by atoms with Crippen LogP contribution in [-0.4, -0.2) is 5.11 Å². The molecular formula is C13H17F3O. The van der Waals surface area contributed by atoms with E-state index in [0.717, 1.165) is 12.1 Å². The van der Waals surface area contributed by atoms with E-state index in [-0.39, 0.29) is 17.6 Å². The highest BCUT2D eigenvalue weighted by Gasteiger charge is 2.32. The Bertz CT molecular complexity index is 377. The van der Waals surface area contributed by atoms with Crippen LogP contribution in [0.1, 0.15) is 56.2 Å². The SMILES string of the molecule is CC(C)c1cc(C(F)(F)F)cc(C(C)C)c1O. The molecule has 1 nitrogen and oxygen atoms in total. The van der Waals surface area contributed by atoms with Gasteiger partial charge in [-0.05, 0) is 35.1 Å². The first kappa shape index (κ1) is 13.9. The van der Waals surface area contributed by atoms with Crippen LogP contribution in [-0.2, 0) is 6.18 Å². The van der Waals surface area contributed by atoms with Gasteiger partial charge in [0.25, 0.3) is 0 Å². The Morgan fingerprint density at radius 2 is 1.29 bits per heavy atom. The maximum Gasteiger partial charge on any atom is 0.416 e. The summed E-state index contributed by atoms with van der Waals surface area (Å²) in [6.45, 7) is 7.05. The van der Waals surface area contributed by atoms with Gasteiger partial charge in [0.1, 0.15) is 5.75 Å². The van der Waals surface area contributed by atoms with Gasteiger partial charge >= 0.3 is 6.18 Å². The summed E-state index contributed by atoms with van der Waals surface area (Å²) in [6.07, 6.45) is -4.37. The molecule has 1 N–H and O–H groups in total. The van der Waals surface area contributed by atoms with E-state index < -0.39 is 11.7 Å². The summed E-state index contributed by atoms with van der Waals surface area (Å²) in [7, 11) is 0. The van der Waals surface area contributed by atoms with E-state index in [1.807, 2.05) is 0 Å². The van der Waals surface area contributed by atoms with Crippen LogP contribution in [0.5, 0.6) is 5.75 Å². The van der Waals surface area contributed by atoms with Gasteiger partial charge in [0.05, 0.1) is 5.56 Å². The highest BCUT2D eigenvalue weighted by atomic mass is 19.4. The third-order valence-electron chi connectivity index (χ3n) is 2.74. The van der Waals surface area contributed by atoms with Crippen molar-refractivity contribution in [1.29, 1.82) is 0 Å². The number of hydrogen-bond donors (Lipinski definition) is 1. The van der Waals surface area contributed by atoms with Gasteiger partial charge in [0.2, 0.25) is 0 Å². The molecule has 0 heterocycles. The van der Waals surface area contributed by atoms with Gasteiger partial charge in [-0.1, -0.05) is 27.7 Å². The molecule has 4 heteroatoms. The van der Waals surface area contributed by atoms with Gasteiger partial charge in [0.15, 0.2) is 0 Å². The Morgan fingerprint density at radius 1 is 0.941 bits per heavy atom. The maximum absolute atomic E-state index is 12.7. The van der Waals surface area contributed by atoms with Crippen molar-refractivity contribution in [3.63, 3.8) is 0 Å². The lowest BCUT2D eigenvalue weighted by Gasteiger charge is -2.18. The molecule has 0 spiro atoms. The number of hydrogen-bond acceptors (Lipinski definition) is 1. The van der Waals surface area contributed by atoms with E-state index in [0.29, 0.717) is 11.1 Å². The normalized spacial score (nSPS) is 12.5. The first-order valence-electron chi connectivity index (χ1n) is 5.58. The zero-order valence-electron chi connectivity index (χ0n) is 10.4. The molecule has 0 amide bonds. The highest BCUT2D eigenvalue weighted by Crippen LogP contribution is 2.39. The standard InChI is InChI=1S/C13H17F3O/c1-7(2)10-5-9(13(14,15)16)6-11(8(3)4)12(10)17/h5-8,17H,1-4H3. The van der Waals surface area contributed by atoms with Crippen LogP contribution in [0.3, 0.4) is 0 Å². The second kappa shape index (κ2) is 4.59. The molecule has 0 aromatic heterocycles.